The molecule has 0 spiro atoms. The molecule has 2 aromatic carbocycles. The third-order valence-electron chi connectivity index (χ3n) is 3.80. The van der Waals surface area contributed by atoms with Gasteiger partial charge in [-0.15, -0.1) is 0 Å². The highest BCUT2D eigenvalue weighted by Gasteiger charge is 2.06. The zero-order valence-corrected chi connectivity index (χ0v) is 14.2. The van der Waals surface area contributed by atoms with Crippen LogP contribution < -0.4 is 5.63 Å². The van der Waals surface area contributed by atoms with E-state index in [1.165, 1.54) is 11.5 Å². The average Bonchev–Trinajstić information content (AvgIpc) is 2.53. The fraction of sp³-hybridized carbons (Fsp3) is 0.105. The van der Waals surface area contributed by atoms with Crippen LogP contribution in [-0.4, -0.2) is 4.21 Å². The molecule has 0 aliphatic carbocycles. The molecule has 24 heavy (non-hydrogen) atoms. The molecule has 0 amide bonds. The second-order valence-electron chi connectivity index (χ2n) is 5.72. The molecular weight excluding hydrogens is 322 g/mol. The lowest BCUT2D eigenvalue weighted by atomic mass is 10.1. The number of hydrogen-bond acceptors (Lipinski definition) is 4. The van der Waals surface area contributed by atoms with Gasteiger partial charge in [-0.1, -0.05) is 29.8 Å². The number of benzene rings is 2. The third kappa shape index (κ3) is 3.31. The summed E-state index contributed by atoms with van der Waals surface area (Å²) in [4.78, 5) is 11.9. The summed E-state index contributed by atoms with van der Waals surface area (Å²) in [6, 6.07) is 13.9. The Hall–Kier alpha value is -2.66. The Labute approximate surface area is 140 Å². The van der Waals surface area contributed by atoms with Crippen molar-refractivity contribution in [3.05, 3.63) is 81.0 Å². The van der Waals surface area contributed by atoms with Crippen LogP contribution in [0, 0.1) is 18.6 Å². The van der Waals surface area contributed by atoms with Gasteiger partial charge in [-0.25, -0.2) is 13.8 Å². The van der Waals surface area contributed by atoms with Gasteiger partial charge in [-0.3, -0.25) is 0 Å². The summed E-state index contributed by atoms with van der Waals surface area (Å²) in [5.41, 5.74) is 2.71. The summed E-state index contributed by atoms with van der Waals surface area (Å²) in [5.74, 6) is 0. The fourth-order valence-electron chi connectivity index (χ4n) is 2.44. The molecule has 0 saturated heterocycles. The van der Waals surface area contributed by atoms with Crippen LogP contribution in [0.15, 0.2) is 68.0 Å². The Bertz CT molecular complexity index is 1090. The van der Waals surface area contributed by atoms with E-state index in [9.17, 15) is 9.00 Å². The molecule has 1 heterocycles. The minimum absolute atomic E-state index is 0.398. The van der Waals surface area contributed by atoms with E-state index in [1.54, 1.807) is 24.3 Å². The molecule has 1 unspecified atom stereocenters. The van der Waals surface area contributed by atoms with Crippen molar-refractivity contribution in [2.45, 2.75) is 18.7 Å². The minimum Gasteiger partial charge on any atom is -0.423 e. The SMILES string of the molecule is Cc1ccc(S(=N)(=O)/C=C/c2ccc3c(C)cc(=O)oc3c2)cc1. The first-order chi connectivity index (χ1) is 11.3. The summed E-state index contributed by atoms with van der Waals surface area (Å²) < 4.78 is 25.8. The lowest BCUT2D eigenvalue weighted by Gasteiger charge is -2.04. The third-order valence-corrected chi connectivity index (χ3v) is 5.29. The highest BCUT2D eigenvalue weighted by molar-refractivity contribution is 7.95. The van der Waals surface area contributed by atoms with Crippen molar-refractivity contribution in [3.63, 3.8) is 0 Å². The molecule has 0 aliphatic rings. The summed E-state index contributed by atoms with van der Waals surface area (Å²) >= 11 is 0. The second kappa shape index (κ2) is 6.09. The van der Waals surface area contributed by atoms with Gasteiger partial charge in [0.2, 0.25) is 0 Å². The van der Waals surface area contributed by atoms with Crippen LogP contribution >= 0.6 is 0 Å². The molecule has 1 N–H and O–H groups in total. The smallest absolute Gasteiger partial charge is 0.336 e. The van der Waals surface area contributed by atoms with Gasteiger partial charge < -0.3 is 4.42 Å². The predicted molar refractivity (Wildman–Crippen MR) is 96.6 cm³/mol. The van der Waals surface area contributed by atoms with Crippen molar-refractivity contribution in [3.8, 4) is 0 Å². The largest absolute Gasteiger partial charge is 0.423 e. The molecule has 3 rings (SSSR count). The lowest BCUT2D eigenvalue weighted by molar-refractivity contribution is 0.560. The summed E-state index contributed by atoms with van der Waals surface area (Å²) in [6.45, 7) is 3.79. The van der Waals surface area contributed by atoms with Gasteiger partial charge in [0.15, 0.2) is 0 Å². The second-order valence-corrected chi connectivity index (χ2v) is 7.67. The zero-order valence-electron chi connectivity index (χ0n) is 13.4. The highest BCUT2D eigenvalue weighted by atomic mass is 32.2. The van der Waals surface area contributed by atoms with E-state index in [0.29, 0.717) is 10.5 Å². The molecule has 0 saturated carbocycles. The topological polar surface area (TPSA) is 71.1 Å². The van der Waals surface area contributed by atoms with Gasteiger partial charge in [0, 0.05) is 16.9 Å². The number of hydrogen-bond donors (Lipinski definition) is 1. The first-order valence-electron chi connectivity index (χ1n) is 7.43. The minimum atomic E-state index is -3.02. The summed E-state index contributed by atoms with van der Waals surface area (Å²) in [6.07, 6.45) is 1.62. The van der Waals surface area contributed by atoms with E-state index in [4.69, 9.17) is 9.20 Å². The van der Waals surface area contributed by atoms with Crippen molar-refractivity contribution in [1.29, 1.82) is 4.78 Å². The molecule has 0 aliphatic heterocycles. The monoisotopic (exact) mass is 339 g/mol. The Morgan fingerprint density at radius 2 is 1.75 bits per heavy atom. The first-order valence-corrected chi connectivity index (χ1v) is 9.05. The maximum Gasteiger partial charge on any atom is 0.336 e. The van der Waals surface area contributed by atoms with Gasteiger partial charge in [-0.2, -0.15) is 0 Å². The van der Waals surface area contributed by atoms with Crippen LogP contribution in [0.25, 0.3) is 17.0 Å². The van der Waals surface area contributed by atoms with Gasteiger partial charge in [-0.05, 0) is 49.2 Å². The first kappa shape index (κ1) is 16.2. The van der Waals surface area contributed by atoms with Gasteiger partial charge in [0.05, 0.1) is 14.6 Å². The Morgan fingerprint density at radius 1 is 1.04 bits per heavy atom. The van der Waals surface area contributed by atoms with Crippen molar-refractivity contribution < 1.29 is 8.63 Å². The highest BCUT2D eigenvalue weighted by Crippen LogP contribution is 2.20. The summed E-state index contributed by atoms with van der Waals surface area (Å²) in [7, 11) is -3.02. The van der Waals surface area contributed by atoms with E-state index >= 15 is 0 Å². The number of rotatable bonds is 3. The van der Waals surface area contributed by atoms with Gasteiger partial charge >= 0.3 is 5.63 Å². The van der Waals surface area contributed by atoms with E-state index in [-0.39, 0.29) is 0 Å². The van der Waals surface area contributed by atoms with Crippen LogP contribution in [0.3, 0.4) is 0 Å². The van der Waals surface area contributed by atoms with E-state index in [0.717, 1.165) is 22.1 Å². The molecule has 0 fully saturated rings. The zero-order chi connectivity index (χ0) is 17.3. The van der Waals surface area contributed by atoms with Crippen LogP contribution in [0.4, 0.5) is 0 Å². The fourth-order valence-corrected chi connectivity index (χ4v) is 3.48. The maximum atomic E-state index is 12.6. The maximum absolute atomic E-state index is 12.6. The van der Waals surface area contributed by atoms with Crippen LogP contribution in [0.1, 0.15) is 16.7 Å². The number of nitrogens with one attached hydrogen (secondary N) is 1. The van der Waals surface area contributed by atoms with E-state index in [1.807, 2.05) is 38.1 Å². The van der Waals surface area contributed by atoms with Gasteiger partial charge in [0.1, 0.15) is 5.58 Å². The van der Waals surface area contributed by atoms with Crippen LogP contribution in [0.5, 0.6) is 0 Å². The Morgan fingerprint density at radius 3 is 2.46 bits per heavy atom. The molecule has 0 radical (unpaired) electrons. The Kier molecular flexibility index (Phi) is 4.11. The summed E-state index contributed by atoms with van der Waals surface area (Å²) in [5, 5.41) is 2.24. The normalized spacial score (nSPS) is 14.1. The average molecular weight is 339 g/mol. The van der Waals surface area contributed by atoms with Crippen molar-refractivity contribution >= 4 is 26.8 Å². The number of fused-ring (bicyclic) bond motifs is 1. The molecule has 122 valence electrons. The van der Waals surface area contributed by atoms with Crippen molar-refractivity contribution in [2.24, 2.45) is 0 Å². The van der Waals surface area contributed by atoms with Crippen LogP contribution in [0.2, 0.25) is 0 Å². The molecule has 4 nitrogen and oxygen atoms in total. The molecule has 0 bridgehead atoms. The Balaban J connectivity index is 1.98. The molecule has 1 aromatic heterocycles. The van der Waals surface area contributed by atoms with E-state index < -0.39 is 15.4 Å². The van der Waals surface area contributed by atoms with Gasteiger partial charge in [0.25, 0.3) is 0 Å². The lowest BCUT2D eigenvalue weighted by Crippen LogP contribution is -1.97. The predicted octanol–water partition coefficient (Wildman–Crippen LogP) is 4.49. The molecule has 5 heteroatoms. The standard InChI is InChI=1S/C19H17NO3S/c1-13-3-6-16(7-4-13)24(20,22)10-9-15-5-8-17-14(2)11-19(21)23-18(17)12-15/h3-12,20H,1-2H3/b10-9+. The molecular formula is C19H17NO3S. The van der Waals surface area contributed by atoms with Crippen molar-refractivity contribution in [2.75, 3.05) is 0 Å². The number of aryl methyl sites for hydroxylation is 2. The van der Waals surface area contributed by atoms with E-state index in [2.05, 4.69) is 0 Å². The molecule has 3 aromatic rings. The van der Waals surface area contributed by atoms with Crippen LogP contribution in [-0.2, 0) is 9.73 Å². The quantitative estimate of drug-likeness (QED) is 0.715. The molecule has 1 atom stereocenters. The van der Waals surface area contributed by atoms with Crippen molar-refractivity contribution in [1.82, 2.24) is 0 Å².